The van der Waals surface area contributed by atoms with Crippen molar-refractivity contribution in [2.24, 2.45) is 0 Å². The molecule has 88 valence electrons. The van der Waals surface area contributed by atoms with Gasteiger partial charge in [-0.15, -0.1) is 0 Å². The zero-order valence-corrected chi connectivity index (χ0v) is 9.73. The van der Waals surface area contributed by atoms with Crippen molar-refractivity contribution in [1.29, 1.82) is 0 Å². The van der Waals surface area contributed by atoms with Crippen LogP contribution in [0, 0.1) is 0 Å². The van der Waals surface area contributed by atoms with Gasteiger partial charge in [-0.25, -0.2) is 4.98 Å². The van der Waals surface area contributed by atoms with Crippen molar-refractivity contribution in [2.75, 3.05) is 11.9 Å². The van der Waals surface area contributed by atoms with E-state index in [-0.39, 0.29) is 5.78 Å². The SMILES string of the molecule is CC(=O)c1ccc(NCCc2ncc[nH]2)cc1. The van der Waals surface area contributed by atoms with Crippen LogP contribution in [0.25, 0.3) is 0 Å². The summed E-state index contributed by atoms with van der Waals surface area (Å²) in [6.07, 6.45) is 4.41. The van der Waals surface area contributed by atoms with Gasteiger partial charge in [-0.2, -0.15) is 0 Å². The number of nitrogens with zero attached hydrogens (tertiary/aromatic N) is 1. The minimum atomic E-state index is 0.0899. The van der Waals surface area contributed by atoms with Crippen molar-refractivity contribution < 1.29 is 4.79 Å². The Balaban J connectivity index is 1.85. The normalized spacial score (nSPS) is 10.2. The van der Waals surface area contributed by atoms with Crippen LogP contribution >= 0.6 is 0 Å². The second-order valence-electron chi connectivity index (χ2n) is 3.85. The number of carbonyl (C=O) groups excluding carboxylic acids is 1. The fraction of sp³-hybridized carbons (Fsp3) is 0.231. The largest absolute Gasteiger partial charge is 0.385 e. The number of rotatable bonds is 5. The van der Waals surface area contributed by atoms with Gasteiger partial charge in [0, 0.05) is 36.6 Å². The molecule has 2 N–H and O–H groups in total. The Bertz CT molecular complexity index is 474. The number of H-pyrrole nitrogens is 1. The van der Waals surface area contributed by atoms with Gasteiger partial charge in [-0.3, -0.25) is 4.79 Å². The summed E-state index contributed by atoms with van der Waals surface area (Å²) < 4.78 is 0. The first-order chi connectivity index (χ1) is 8.25. The molecular weight excluding hydrogens is 214 g/mol. The van der Waals surface area contributed by atoms with Gasteiger partial charge >= 0.3 is 0 Å². The first-order valence-corrected chi connectivity index (χ1v) is 5.59. The molecule has 0 radical (unpaired) electrons. The third-order valence-corrected chi connectivity index (χ3v) is 2.54. The number of benzene rings is 1. The van der Waals surface area contributed by atoms with Gasteiger partial charge in [0.25, 0.3) is 0 Å². The van der Waals surface area contributed by atoms with Crippen molar-refractivity contribution in [3.63, 3.8) is 0 Å². The van der Waals surface area contributed by atoms with Gasteiger partial charge in [-0.1, -0.05) is 0 Å². The molecule has 2 rings (SSSR count). The highest BCUT2D eigenvalue weighted by Crippen LogP contribution is 2.09. The topological polar surface area (TPSA) is 57.8 Å². The average molecular weight is 229 g/mol. The maximum absolute atomic E-state index is 11.1. The molecule has 0 amide bonds. The molecule has 0 unspecified atom stereocenters. The zero-order valence-electron chi connectivity index (χ0n) is 9.73. The minimum Gasteiger partial charge on any atom is -0.385 e. The van der Waals surface area contributed by atoms with Crippen molar-refractivity contribution in [1.82, 2.24) is 9.97 Å². The lowest BCUT2D eigenvalue weighted by Gasteiger charge is -2.05. The number of anilines is 1. The molecule has 2 aromatic rings. The van der Waals surface area contributed by atoms with Crippen LogP contribution in [0.2, 0.25) is 0 Å². The number of Topliss-reactive ketones (excluding diaryl/α,β-unsaturated/α-hetero) is 1. The molecule has 0 aliphatic carbocycles. The molecule has 0 spiro atoms. The Labute approximate surface area is 100 Å². The summed E-state index contributed by atoms with van der Waals surface area (Å²) in [6.45, 7) is 2.38. The molecule has 0 bridgehead atoms. The maximum atomic E-state index is 11.1. The standard InChI is InChI=1S/C13H15N3O/c1-10(17)11-2-4-12(5-3-11)14-7-6-13-15-8-9-16-13/h2-5,8-9,14H,6-7H2,1H3,(H,15,16). The Morgan fingerprint density at radius 2 is 2.12 bits per heavy atom. The Kier molecular flexibility index (Phi) is 3.55. The van der Waals surface area contributed by atoms with Gasteiger partial charge in [0.1, 0.15) is 5.82 Å². The quantitative estimate of drug-likeness (QED) is 0.773. The van der Waals surface area contributed by atoms with Gasteiger partial charge in [-0.05, 0) is 31.2 Å². The molecule has 0 saturated heterocycles. The van der Waals surface area contributed by atoms with Crippen LogP contribution < -0.4 is 5.32 Å². The van der Waals surface area contributed by atoms with Crippen LogP contribution in [0.15, 0.2) is 36.7 Å². The minimum absolute atomic E-state index is 0.0899. The number of aromatic nitrogens is 2. The second-order valence-corrected chi connectivity index (χ2v) is 3.85. The summed E-state index contributed by atoms with van der Waals surface area (Å²) in [4.78, 5) is 18.3. The summed E-state index contributed by atoms with van der Waals surface area (Å²) >= 11 is 0. The van der Waals surface area contributed by atoms with E-state index in [1.54, 1.807) is 13.1 Å². The average Bonchev–Trinajstić information content (AvgIpc) is 2.83. The summed E-state index contributed by atoms with van der Waals surface area (Å²) in [7, 11) is 0. The first kappa shape index (κ1) is 11.4. The lowest BCUT2D eigenvalue weighted by molar-refractivity contribution is 0.101. The summed E-state index contributed by atoms with van der Waals surface area (Å²) in [5.41, 5.74) is 1.75. The van der Waals surface area contributed by atoms with E-state index in [9.17, 15) is 4.79 Å². The number of hydrogen-bond acceptors (Lipinski definition) is 3. The molecule has 17 heavy (non-hydrogen) atoms. The molecule has 1 aromatic heterocycles. The lowest BCUT2D eigenvalue weighted by Crippen LogP contribution is -2.06. The third-order valence-electron chi connectivity index (χ3n) is 2.54. The smallest absolute Gasteiger partial charge is 0.159 e. The molecule has 0 saturated carbocycles. The van der Waals surface area contributed by atoms with E-state index >= 15 is 0 Å². The fourth-order valence-electron chi connectivity index (χ4n) is 1.58. The van der Waals surface area contributed by atoms with Crippen molar-refractivity contribution >= 4 is 11.5 Å². The summed E-state index contributed by atoms with van der Waals surface area (Å²) in [5.74, 6) is 1.06. The highest BCUT2D eigenvalue weighted by molar-refractivity contribution is 5.94. The molecule has 0 fully saturated rings. The summed E-state index contributed by atoms with van der Waals surface area (Å²) in [6, 6.07) is 7.49. The number of imidazole rings is 1. The van der Waals surface area contributed by atoms with E-state index in [1.807, 2.05) is 30.5 Å². The van der Waals surface area contributed by atoms with Crippen molar-refractivity contribution in [2.45, 2.75) is 13.3 Å². The molecule has 4 nitrogen and oxygen atoms in total. The fourth-order valence-corrected chi connectivity index (χ4v) is 1.58. The second kappa shape index (κ2) is 5.30. The van der Waals surface area contributed by atoms with E-state index in [0.717, 1.165) is 30.0 Å². The number of ketones is 1. The zero-order chi connectivity index (χ0) is 12.1. The van der Waals surface area contributed by atoms with Crippen LogP contribution in [0.1, 0.15) is 23.1 Å². The van der Waals surface area contributed by atoms with Gasteiger partial charge in [0.15, 0.2) is 5.78 Å². The van der Waals surface area contributed by atoms with Crippen LogP contribution in [0.3, 0.4) is 0 Å². The van der Waals surface area contributed by atoms with E-state index < -0.39 is 0 Å². The Morgan fingerprint density at radius 3 is 2.71 bits per heavy atom. The monoisotopic (exact) mass is 229 g/mol. The van der Waals surface area contributed by atoms with E-state index in [0.29, 0.717) is 0 Å². The number of carbonyl (C=O) groups is 1. The highest BCUT2D eigenvalue weighted by atomic mass is 16.1. The van der Waals surface area contributed by atoms with Crippen LogP contribution in [0.4, 0.5) is 5.69 Å². The number of hydrogen-bond donors (Lipinski definition) is 2. The molecule has 1 aromatic carbocycles. The van der Waals surface area contributed by atoms with E-state index in [1.165, 1.54) is 0 Å². The molecule has 0 aliphatic rings. The van der Waals surface area contributed by atoms with Gasteiger partial charge < -0.3 is 10.3 Å². The van der Waals surface area contributed by atoms with Gasteiger partial charge in [0.2, 0.25) is 0 Å². The lowest BCUT2D eigenvalue weighted by atomic mass is 10.1. The van der Waals surface area contributed by atoms with E-state index in [4.69, 9.17) is 0 Å². The molecule has 4 heteroatoms. The van der Waals surface area contributed by atoms with E-state index in [2.05, 4.69) is 15.3 Å². The predicted molar refractivity (Wildman–Crippen MR) is 67.2 cm³/mol. The molecular formula is C13H15N3O. The van der Waals surface area contributed by atoms with Crippen molar-refractivity contribution in [3.05, 3.63) is 48.0 Å². The highest BCUT2D eigenvalue weighted by Gasteiger charge is 1.99. The third kappa shape index (κ3) is 3.17. The number of aromatic amines is 1. The molecule has 0 aliphatic heterocycles. The molecule has 1 heterocycles. The van der Waals surface area contributed by atoms with Gasteiger partial charge in [0.05, 0.1) is 0 Å². The maximum Gasteiger partial charge on any atom is 0.159 e. The van der Waals surface area contributed by atoms with Crippen molar-refractivity contribution in [3.8, 4) is 0 Å². The Morgan fingerprint density at radius 1 is 1.35 bits per heavy atom. The van der Waals surface area contributed by atoms with Crippen LogP contribution in [-0.4, -0.2) is 22.3 Å². The molecule has 0 atom stereocenters. The Hall–Kier alpha value is -2.10. The predicted octanol–water partition coefficient (Wildman–Crippen LogP) is 2.27. The summed E-state index contributed by atoms with van der Waals surface area (Å²) in [5, 5.41) is 3.28. The first-order valence-electron chi connectivity index (χ1n) is 5.59. The van der Waals surface area contributed by atoms with Crippen LogP contribution in [0.5, 0.6) is 0 Å². The number of nitrogens with one attached hydrogen (secondary N) is 2. The van der Waals surface area contributed by atoms with Crippen LogP contribution in [-0.2, 0) is 6.42 Å².